The lowest BCUT2D eigenvalue weighted by molar-refractivity contribution is -0.235. The molecule has 0 saturated carbocycles. The molecule has 3 saturated heterocycles. The minimum absolute atomic E-state index is 0.0983. The minimum atomic E-state index is -1.89. The van der Waals surface area contributed by atoms with Gasteiger partial charge in [0.05, 0.1) is 24.8 Å². The third-order valence-corrected chi connectivity index (χ3v) is 10.7. The van der Waals surface area contributed by atoms with E-state index in [0.29, 0.717) is 5.56 Å². The molecule has 1 aromatic rings. The van der Waals surface area contributed by atoms with Crippen LogP contribution in [0.4, 0.5) is 15.3 Å². The fraction of sp³-hybridized carbons (Fsp3) is 0.629. The number of phenolic OH excluding ortho intramolecular Hbond substituents is 1. The number of carbonyl (C=O) groups is 3. The fourth-order valence-corrected chi connectivity index (χ4v) is 7.59. The Morgan fingerprint density at radius 2 is 1.91 bits per heavy atom. The number of amides is 3. The first-order valence-corrected chi connectivity index (χ1v) is 17.5. The summed E-state index contributed by atoms with van der Waals surface area (Å²) in [6, 6.07) is 2.91. The van der Waals surface area contributed by atoms with Gasteiger partial charge in [-0.05, 0) is 38.0 Å². The highest BCUT2D eigenvalue weighted by Gasteiger charge is 2.65. The van der Waals surface area contributed by atoms with Gasteiger partial charge in [-0.25, -0.2) is 9.59 Å². The van der Waals surface area contributed by atoms with E-state index < -0.39 is 109 Å². The highest BCUT2D eigenvalue weighted by atomic mass is 35.5. The molecule has 53 heavy (non-hydrogen) atoms. The van der Waals surface area contributed by atoms with E-state index in [2.05, 4.69) is 10.6 Å². The zero-order chi connectivity index (χ0) is 39.0. The van der Waals surface area contributed by atoms with Gasteiger partial charge >= 0.3 is 12.2 Å². The molecule has 0 spiro atoms. The molecule has 18 heteroatoms. The number of rotatable bonds is 5. The van der Waals surface area contributed by atoms with Crippen LogP contribution in [0, 0.1) is 5.92 Å². The summed E-state index contributed by atoms with van der Waals surface area (Å²) in [4.78, 5) is 41.2. The maximum absolute atomic E-state index is 14.7. The zero-order valence-electron chi connectivity index (χ0n) is 30.2. The van der Waals surface area contributed by atoms with Crippen molar-refractivity contribution in [1.82, 2.24) is 10.6 Å². The molecule has 4 aliphatic heterocycles. The Morgan fingerprint density at radius 1 is 1.19 bits per heavy atom. The molecule has 3 amide bonds. The van der Waals surface area contributed by atoms with Crippen LogP contribution >= 0.6 is 11.6 Å². The van der Waals surface area contributed by atoms with Gasteiger partial charge in [0.2, 0.25) is 5.91 Å². The fourth-order valence-electron chi connectivity index (χ4n) is 7.39. The Balaban J connectivity index is 1.67. The van der Waals surface area contributed by atoms with Gasteiger partial charge in [0.15, 0.2) is 12.0 Å². The van der Waals surface area contributed by atoms with Crippen LogP contribution in [0.15, 0.2) is 35.9 Å². The highest BCUT2D eigenvalue weighted by molar-refractivity contribution is 6.35. The number of carbonyl (C=O) groups excluding carboxylic acids is 3. The topological polar surface area (TPSA) is 238 Å². The quantitative estimate of drug-likeness (QED) is 0.207. The molecule has 1 aromatic carbocycles. The van der Waals surface area contributed by atoms with Crippen molar-refractivity contribution in [1.29, 1.82) is 0 Å². The first-order chi connectivity index (χ1) is 25.0. The van der Waals surface area contributed by atoms with Crippen LogP contribution in [0.5, 0.6) is 5.75 Å². The number of methoxy groups -OCH3 is 2. The van der Waals surface area contributed by atoms with E-state index in [9.17, 15) is 39.9 Å². The predicted octanol–water partition coefficient (Wildman–Crippen LogP) is 1.00. The van der Waals surface area contributed by atoms with Gasteiger partial charge in [-0.1, -0.05) is 42.3 Å². The van der Waals surface area contributed by atoms with Gasteiger partial charge in [-0.2, -0.15) is 0 Å². The Morgan fingerprint density at radius 3 is 2.55 bits per heavy atom. The van der Waals surface area contributed by atoms with E-state index in [4.69, 9.17) is 40.0 Å². The number of anilines is 1. The number of phenols is 1. The third-order valence-electron chi connectivity index (χ3n) is 10.4. The number of epoxide rings is 1. The molecule has 17 nitrogen and oxygen atoms in total. The predicted molar refractivity (Wildman–Crippen MR) is 186 cm³/mol. The summed E-state index contributed by atoms with van der Waals surface area (Å²) >= 11 is 6.68. The van der Waals surface area contributed by atoms with Gasteiger partial charge in [-0.15, -0.1) is 0 Å². The third kappa shape index (κ3) is 8.13. The number of aromatic hydroxyl groups is 1. The molecule has 4 aliphatic rings. The molecular formula is C35H48ClN3O14. The van der Waals surface area contributed by atoms with Crippen molar-refractivity contribution < 1.29 is 68.3 Å². The number of aliphatic hydroxyl groups is 4. The first kappa shape index (κ1) is 40.7. The Hall–Kier alpha value is -3.52. The molecule has 7 N–H and O–H groups in total. The summed E-state index contributed by atoms with van der Waals surface area (Å²) in [6.45, 7) is 4.42. The normalized spacial score (nSPS) is 39.5. The van der Waals surface area contributed by atoms with Gasteiger partial charge in [-0.3, -0.25) is 15.0 Å². The lowest BCUT2D eigenvalue weighted by Gasteiger charge is -2.46. The van der Waals surface area contributed by atoms with Gasteiger partial charge in [0, 0.05) is 33.6 Å². The Kier molecular flexibility index (Phi) is 12.3. The first-order valence-electron chi connectivity index (χ1n) is 17.1. The highest BCUT2D eigenvalue weighted by Crippen LogP contribution is 2.49. The molecule has 294 valence electrons. The van der Waals surface area contributed by atoms with Crippen molar-refractivity contribution in [3.63, 3.8) is 0 Å². The van der Waals surface area contributed by atoms with Crippen LogP contribution in [0.2, 0.25) is 5.02 Å². The van der Waals surface area contributed by atoms with Crippen molar-refractivity contribution in [2.45, 2.75) is 106 Å². The van der Waals surface area contributed by atoms with Gasteiger partial charge in [0.25, 0.3) is 0 Å². The number of fused-ring (bicyclic) bond motifs is 5. The summed E-state index contributed by atoms with van der Waals surface area (Å²) in [7, 11) is 3.94. The van der Waals surface area contributed by atoms with Crippen molar-refractivity contribution in [3.05, 3.63) is 46.5 Å². The van der Waals surface area contributed by atoms with Crippen LogP contribution < -0.4 is 15.5 Å². The molecule has 0 radical (unpaired) electrons. The van der Waals surface area contributed by atoms with E-state index in [1.807, 2.05) is 0 Å². The monoisotopic (exact) mass is 769 g/mol. The van der Waals surface area contributed by atoms with Crippen molar-refractivity contribution in [2.24, 2.45) is 5.92 Å². The van der Waals surface area contributed by atoms with Crippen LogP contribution in [0.1, 0.15) is 39.2 Å². The molecule has 0 aliphatic carbocycles. The summed E-state index contributed by atoms with van der Waals surface area (Å²) < 4.78 is 34.4. The molecule has 0 aromatic heterocycles. The molecule has 0 unspecified atom stereocenters. The number of hydrogen-bond acceptors (Lipinski definition) is 14. The summed E-state index contributed by atoms with van der Waals surface area (Å²) in [6.07, 6.45) is -8.88. The maximum atomic E-state index is 14.7. The lowest BCUT2D eigenvalue weighted by atomic mass is 9.83. The number of ether oxygens (including phenoxy) is 6. The Labute approximate surface area is 311 Å². The number of aliphatic hydroxyl groups excluding tert-OH is 3. The number of alkyl carbamates (subject to hydrolysis) is 2. The van der Waals surface area contributed by atoms with Crippen molar-refractivity contribution in [3.8, 4) is 5.75 Å². The molecule has 4 bridgehead atoms. The van der Waals surface area contributed by atoms with Gasteiger partial charge in [0.1, 0.15) is 59.1 Å². The second-order valence-electron chi connectivity index (χ2n) is 14.0. The van der Waals surface area contributed by atoms with E-state index in [1.54, 1.807) is 39.0 Å². The number of benzene rings is 1. The summed E-state index contributed by atoms with van der Waals surface area (Å²) in [5.41, 5.74) is -2.12. The largest absolute Gasteiger partial charge is 0.506 e. The minimum Gasteiger partial charge on any atom is -0.506 e. The Bertz CT molecular complexity index is 1610. The number of allylic oxidation sites excluding steroid dienone is 3. The number of hydrogen-bond donors (Lipinski definition) is 7. The number of nitrogens with one attached hydrogen (secondary N) is 2. The van der Waals surface area contributed by atoms with Crippen LogP contribution in [0.3, 0.4) is 0 Å². The molecule has 4 heterocycles. The molecule has 3 fully saturated rings. The van der Waals surface area contributed by atoms with Gasteiger partial charge < -0.3 is 59.3 Å². The smallest absolute Gasteiger partial charge is 0.409 e. The number of nitrogens with zero attached hydrogens (tertiary/aromatic N) is 1. The second-order valence-corrected chi connectivity index (χ2v) is 14.4. The van der Waals surface area contributed by atoms with Crippen molar-refractivity contribution in [2.75, 3.05) is 32.8 Å². The van der Waals surface area contributed by atoms with Crippen LogP contribution in [-0.2, 0) is 39.6 Å². The standard InChI is InChI=1S/C35H48ClN3O14/c1-16-8-7-9-23(48-5)35(47)14-21(51-33(46)38-35)17(2)30-34(3,53-30)24(52-32(45)37-4)13-25(42)39(19-11-18(10-16)12-20(41)26(19)36)31-28(44)29(49-6)27(43)22(15-40)50-31/h7-9,11-12,17,21-24,27-31,40-41,43-44,47H,10,13-15H2,1-6H3,(H,37,45)(H,38,46)/b9-7+,16-8+/t17-,21+,22+,23-,24+,27+,28+,29-,30-,31+,34+,35+/m1/s1. The summed E-state index contributed by atoms with van der Waals surface area (Å²) in [5, 5.41) is 59.6. The lowest BCUT2D eigenvalue weighted by Crippen LogP contribution is -2.65. The van der Waals surface area contributed by atoms with E-state index in [0.717, 1.165) is 10.5 Å². The van der Waals surface area contributed by atoms with E-state index in [1.165, 1.54) is 33.4 Å². The zero-order valence-corrected chi connectivity index (χ0v) is 31.0. The number of halogens is 1. The van der Waals surface area contributed by atoms with E-state index >= 15 is 0 Å². The maximum Gasteiger partial charge on any atom is 0.409 e. The van der Waals surface area contributed by atoms with Crippen molar-refractivity contribution >= 4 is 35.4 Å². The van der Waals surface area contributed by atoms with Crippen LogP contribution in [-0.4, -0.2) is 138 Å². The summed E-state index contributed by atoms with van der Waals surface area (Å²) in [5.74, 6) is -1.86. The average molecular weight is 770 g/mol. The molecule has 12 atom stereocenters. The second kappa shape index (κ2) is 16.1. The SMILES string of the molecule is CNC(=O)O[C@H]1CC(=O)N([C@H]2O[C@@H](CO)[C@H](O)[C@@H](OC)[C@@H]2O)c2cc(cc(O)c2Cl)C/C(C)=C/C=C/[C@@H](OC)[C@@]2(O)C[C@H](OC(=O)N2)[C@@H](C)[C@H]2O[C@@]12C. The molecular weight excluding hydrogens is 722 g/mol. The molecule has 5 rings (SSSR count). The average Bonchev–Trinajstić information content (AvgIpc) is 3.80. The van der Waals surface area contributed by atoms with Crippen LogP contribution in [0.25, 0.3) is 0 Å². The van der Waals surface area contributed by atoms with E-state index in [-0.39, 0.29) is 23.6 Å².